The van der Waals surface area contributed by atoms with Crippen LogP contribution in [-0.2, 0) is 38.2 Å². The van der Waals surface area contributed by atoms with Gasteiger partial charge in [0.15, 0.2) is 28.8 Å². The van der Waals surface area contributed by atoms with Crippen LogP contribution >= 0.6 is 0 Å². The first kappa shape index (κ1) is 57.2. The number of ketones is 2. The summed E-state index contributed by atoms with van der Waals surface area (Å²) in [4.78, 5) is 138. The molecule has 19 nitrogen and oxygen atoms in total. The van der Waals surface area contributed by atoms with Gasteiger partial charge in [0.25, 0.3) is 0 Å². The highest BCUT2D eigenvalue weighted by molar-refractivity contribution is 6.22. The fourth-order valence-corrected chi connectivity index (χ4v) is 8.03. The maximum absolute atomic E-state index is 15.2. The van der Waals surface area contributed by atoms with Crippen molar-refractivity contribution in [2.24, 2.45) is 0 Å². The van der Waals surface area contributed by atoms with E-state index in [0.717, 1.165) is 26.4 Å². The van der Waals surface area contributed by atoms with Crippen LogP contribution in [0.5, 0.6) is 28.7 Å². The van der Waals surface area contributed by atoms with Gasteiger partial charge in [0.1, 0.15) is 40.4 Å². The number of carbonyl (C=O) groups excluding carboxylic acids is 9. The van der Waals surface area contributed by atoms with Crippen molar-refractivity contribution in [3.63, 3.8) is 0 Å². The SMILES string of the molecule is CCCCC(=O)O/C(=C1/COc2cc(OC(=O)CCCC)c(OC(=O)CCCC)c(C(=O)OC)c2C1=O)c1cc2c(=O)c3c(C(=O)OC)c(OC(=O)CCCC)c(OC(=O)CCCC)cc3oc2c(C(C)=O)c1C. The molecule has 0 aliphatic carbocycles. The summed E-state index contributed by atoms with van der Waals surface area (Å²) in [6.45, 7) is 11.1. The van der Waals surface area contributed by atoms with Crippen molar-refractivity contribution in [3.05, 3.63) is 67.4 Å². The summed E-state index contributed by atoms with van der Waals surface area (Å²) in [5, 5.41) is -0.918. The molecule has 396 valence electrons. The highest BCUT2D eigenvalue weighted by Crippen LogP contribution is 2.46. The highest BCUT2D eigenvalue weighted by Gasteiger charge is 2.40. The Morgan fingerprint density at radius 1 is 0.581 bits per heavy atom. The standard InChI is InChI=1S/C55H62O19/c1-10-15-20-38(57)69-36-26-34-44(46(54(64)66-8)52(36)73-41(60)23-18-13-4)49(63)33(28-68-34)50(72-40(59)22-17-12-3)31-25-32-48(62)45-35(71-51(32)43(29(31)6)30(7)56)27-37(70-39(58)21-16-11-2)53(47(45)55(65)67-9)74-42(61)24-19-14-5/h25-27H,10-24,28H2,1-9H3/b50-33-. The maximum atomic E-state index is 15.2. The fourth-order valence-electron chi connectivity index (χ4n) is 8.03. The van der Waals surface area contributed by atoms with Gasteiger partial charge in [0.05, 0.1) is 41.7 Å². The maximum Gasteiger partial charge on any atom is 0.342 e. The molecule has 5 rings (SSSR count). The zero-order valence-electron chi connectivity index (χ0n) is 43.3. The number of fused-ring (bicyclic) bond motifs is 3. The quantitative estimate of drug-likeness (QED) is 0.0120. The molecule has 1 aliphatic rings. The molecule has 4 aromatic rings. The van der Waals surface area contributed by atoms with Gasteiger partial charge in [-0.25, -0.2) is 9.59 Å². The van der Waals surface area contributed by atoms with Crippen molar-refractivity contribution >= 4 is 81.0 Å². The second-order valence-electron chi connectivity index (χ2n) is 17.5. The zero-order valence-corrected chi connectivity index (χ0v) is 43.3. The molecule has 1 aromatic heterocycles. The van der Waals surface area contributed by atoms with Gasteiger partial charge in [-0.15, -0.1) is 0 Å². The molecular formula is C55H62O19. The van der Waals surface area contributed by atoms with Crippen LogP contribution in [0.25, 0.3) is 27.7 Å². The summed E-state index contributed by atoms with van der Waals surface area (Å²) in [5.41, 5.74) is -4.37. The van der Waals surface area contributed by atoms with E-state index < -0.39 is 127 Å². The van der Waals surface area contributed by atoms with Gasteiger partial charge in [-0.1, -0.05) is 66.7 Å². The minimum Gasteiger partial charge on any atom is -0.488 e. The van der Waals surface area contributed by atoms with Crippen LogP contribution in [0.1, 0.15) is 190 Å². The van der Waals surface area contributed by atoms with Crippen molar-refractivity contribution in [2.75, 3.05) is 20.8 Å². The number of carbonyl (C=O) groups is 9. The Balaban J connectivity index is 1.92. The van der Waals surface area contributed by atoms with Gasteiger partial charge in [-0.05, 0) is 57.6 Å². The number of unbranched alkanes of at least 4 members (excludes halogenated alkanes) is 5. The van der Waals surface area contributed by atoms with Crippen LogP contribution < -0.4 is 29.1 Å². The summed E-state index contributed by atoms with van der Waals surface area (Å²) < 4.78 is 51.3. The Hall–Kier alpha value is -7.70. The molecule has 19 heteroatoms. The molecule has 0 N–H and O–H groups in total. The van der Waals surface area contributed by atoms with Crippen LogP contribution in [0, 0.1) is 6.92 Å². The molecule has 0 bridgehead atoms. The third-order valence-corrected chi connectivity index (χ3v) is 11.9. The topological polar surface area (TPSA) is 258 Å². The number of hydrogen-bond acceptors (Lipinski definition) is 19. The van der Waals surface area contributed by atoms with Gasteiger partial charge >= 0.3 is 41.8 Å². The first-order valence-corrected chi connectivity index (χ1v) is 24.8. The Kier molecular flexibility index (Phi) is 20.3. The van der Waals surface area contributed by atoms with E-state index in [2.05, 4.69) is 0 Å². The molecule has 0 saturated heterocycles. The monoisotopic (exact) mass is 1030 g/mol. The second kappa shape index (κ2) is 26.3. The van der Waals surface area contributed by atoms with E-state index in [-0.39, 0.29) is 65.7 Å². The van der Waals surface area contributed by atoms with E-state index in [4.69, 9.17) is 42.3 Å². The molecule has 2 heterocycles. The number of benzene rings is 3. The van der Waals surface area contributed by atoms with Gasteiger partial charge in [0, 0.05) is 49.8 Å². The van der Waals surface area contributed by atoms with Gasteiger partial charge in [0.2, 0.25) is 11.2 Å². The normalized spacial score (nSPS) is 12.6. The molecule has 3 aromatic carbocycles. The predicted molar refractivity (Wildman–Crippen MR) is 267 cm³/mol. The average molecular weight is 1030 g/mol. The lowest BCUT2D eigenvalue weighted by atomic mass is 9.89. The zero-order chi connectivity index (χ0) is 54.4. The molecule has 0 amide bonds. The van der Waals surface area contributed by atoms with Gasteiger partial charge < -0.3 is 42.3 Å². The lowest BCUT2D eigenvalue weighted by Crippen LogP contribution is -2.27. The second-order valence-corrected chi connectivity index (χ2v) is 17.5. The summed E-state index contributed by atoms with van der Waals surface area (Å²) in [7, 11) is 2.01. The first-order valence-electron chi connectivity index (χ1n) is 24.8. The molecule has 1 aliphatic heterocycles. The number of ether oxygens (including phenoxy) is 8. The van der Waals surface area contributed by atoms with E-state index in [0.29, 0.717) is 64.2 Å². The van der Waals surface area contributed by atoms with Crippen LogP contribution in [0.2, 0.25) is 0 Å². The smallest absolute Gasteiger partial charge is 0.342 e. The number of rotatable bonds is 24. The van der Waals surface area contributed by atoms with Crippen molar-refractivity contribution in [1.82, 2.24) is 0 Å². The molecule has 0 radical (unpaired) electrons. The van der Waals surface area contributed by atoms with Crippen LogP contribution in [0.4, 0.5) is 0 Å². The van der Waals surface area contributed by atoms with Crippen LogP contribution in [0.3, 0.4) is 0 Å². The minimum atomic E-state index is -1.20. The Bertz CT molecular complexity index is 2990. The molecule has 0 spiro atoms. The first-order chi connectivity index (χ1) is 35.4. The predicted octanol–water partition coefficient (Wildman–Crippen LogP) is 10.1. The van der Waals surface area contributed by atoms with Crippen LogP contribution in [-0.4, -0.2) is 74.2 Å². The summed E-state index contributed by atoms with van der Waals surface area (Å²) in [6, 6.07) is 3.38. The number of methoxy groups -OCH3 is 2. The lowest BCUT2D eigenvalue weighted by Gasteiger charge is -2.26. The van der Waals surface area contributed by atoms with E-state index in [1.165, 1.54) is 19.9 Å². The summed E-state index contributed by atoms with van der Waals surface area (Å²) in [5.74, 6) is -11.0. The molecule has 0 atom stereocenters. The van der Waals surface area contributed by atoms with E-state index in [1.54, 1.807) is 0 Å². The van der Waals surface area contributed by atoms with Crippen LogP contribution in [0.15, 0.2) is 33.0 Å². The molecule has 0 unspecified atom stereocenters. The molecule has 0 saturated carbocycles. The number of esters is 7. The minimum absolute atomic E-state index is 0.0193. The molecule has 74 heavy (non-hydrogen) atoms. The third kappa shape index (κ3) is 12.9. The molecule has 0 fully saturated rings. The molecular weight excluding hydrogens is 965 g/mol. The summed E-state index contributed by atoms with van der Waals surface area (Å²) >= 11 is 0. The van der Waals surface area contributed by atoms with Gasteiger partial charge in [-0.3, -0.25) is 38.4 Å². The van der Waals surface area contributed by atoms with Crippen molar-refractivity contribution in [2.45, 2.75) is 145 Å². The lowest BCUT2D eigenvalue weighted by molar-refractivity contribution is -0.137. The van der Waals surface area contributed by atoms with Crippen molar-refractivity contribution in [1.29, 1.82) is 0 Å². The third-order valence-electron chi connectivity index (χ3n) is 11.9. The van der Waals surface area contributed by atoms with Crippen molar-refractivity contribution < 1.29 is 85.5 Å². The summed E-state index contributed by atoms with van der Waals surface area (Å²) in [6.07, 6.45) is 4.52. The fraction of sp³-hybridized carbons (Fsp3) is 0.455. The number of hydrogen-bond donors (Lipinski definition) is 0. The Morgan fingerprint density at radius 3 is 1.53 bits per heavy atom. The van der Waals surface area contributed by atoms with Crippen molar-refractivity contribution in [3.8, 4) is 28.7 Å². The van der Waals surface area contributed by atoms with E-state index in [9.17, 15) is 38.4 Å². The van der Waals surface area contributed by atoms with E-state index >= 15 is 9.59 Å². The van der Waals surface area contributed by atoms with E-state index in [1.807, 2.05) is 34.6 Å². The van der Waals surface area contributed by atoms with Gasteiger partial charge in [-0.2, -0.15) is 0 Å². The number of Topliss-reactive ketones (excluding diaryl/α,β-unsaturated/α-hetero) is 2. The largest absolute Gasteiger partial charge is 0.488 e. The average Bonchev–Trinajstić information content (AvgIpc) is 3.37. The highest BCUT2D eigenvalue weighted by atomic mass is 16.6. The Labute approximate surface area is 427 Å². The Morgan fingerprint density at radius 2 is 1.04 bits per heavy atom.